The van der Waals surface area contributed by atoms with Crippen LogP contribution in [0.15, 0.2) is 53.4 Å². The lowest BCUT2D eigenvalue weighted by Crippen LogP contribution is -2.25. The highest BCUT2D eigenvalue weighted by molar-refractivity contribution is 7.99. The minimum absolute atomic E-state index is 0.114. The van der Waals surface area contributed by atoms with Gasteiger partial charge in [0.05, 0.1) is 11.3 Å². The zero-order valence-electron chi connectivity index (χ0n) is 14.0. The van der Waals surface area contributed by atoms with Gasteiger partial charge in [0, 0.05) is 28.6 Å². The molecule has 0 aromatic heterocycles. The molecule has 2 amide bonds. The molecule has 0 spiro atoms. The van der Waals surface area contributed by atoms with Crippen LogP contribution in [0.25, 0.3) is 0 Å². The van der Waals surface area contributed by atoms with Crippen molar-refractivity contribution in [2.75, 3.05) is 17.6 Å². The summed E-state index contributed by atoms with van der Waals surface area (Å²) in [5, 5.41) is 6.35. The lowest BCUT2D eigenvalue weighted by molar-refractivity contribution is -0.115. The van der Waals surface area contributed by atoms with Gasteiger partial charge in [-0.05, 0) is 42.8 Å². The van der Waals surface area contributed by atoms with Gasteiger partial charge in [-0.15, -0.1) is 11.8 Å². The van der Waals surface area contributed by atoms with Crippen molar-refractivity contribution in [1.82, 2.24) is 5.32 Å². The first-order valence-corrected chi connectivity index (χ1v) is 9.52. The highest BCUT2D eigenvalue weighted by Gasteiger charge is 2.12. The Morgan fingerprint density at radius 2 is 1.80 bits per heavy atom. The first-order valence-electron chi connectivity index (χ1n) is 8.15. The van der Waals surface area contributed by atoms with E-state index in [-0.39, 0.29) is 11.8 Å². The van der Waals surface area contributed by atoms with Crippen molar-refractivity contribution in [2.45, 2.75) is 24.7 Å². The van der Waals surface area contributed by atoms with Crippen molar-refractivity contribution < 1.29 is 9.59 Å². The second-order valence-corrected chi connectivity index (χ2v) is 7.01. The van der Waals surface area contributed by atoms with Crippen LogP contribution >= 0.6 is 23.4 Å². The molecule has 2 aromatic rings. The number of hydrogen-bond donors (Lipinski definition) is 2. The Kier molecular flexibility index (Phi) is 7.82. The van der Waals surface area contributed by atoms with Crippen LogP contribution in [-0.4, -0.2) is 24.1 Å². The Bertz CT molecular complexity index is 720. The molecule has 0 bridgehead atoms. The van der Waals surface area contributed by atoms with Gasteiger partial charge >= 0.3 is 0 Å². The van der Waals surface area contributed by atoms with Gasteiger partial charge < -0.3 is 10.6 Å². The smallest absolute Gasteiger partial charge is 0.253 e. The Morgan fingerprint density at radius 3 is 2.52 bits per heavy atom. The summed E-state index contributed by atoms with van der Waals surface area (Å²) in [4.78, 5) is 25.4. The van der Waals surface area contributed by atoms with Gasteiger partial charge in [0.1, 0.15) is 0 Å². The van der Waals surface area contributed by atoms with Gasteiger partial charge in [0.15, 0.2) is 0 Å². The van der Waals surface area contributed by atoms with Gasteiger partial charge in [-0.1, -0.05) is 30.7 Å². The summed E-state index contributed by atoms with van der Waals surface area (Å²) in [5.74, 6) is 0.364. The van der Waals surface area contributed by atoms with Crippen molar-refractivity contribution in [3.05, 3.63) is 59.1 Å². The molecule has 0 heterocycles. The summed E-state index contributed by atoms with van der Waals surface area (Å²) < 4.78 is 0. The van der Waals surface area contributed by atoms with E-state index < -0.39 is 0 Å². The van der Waals surface area contributed by atoms with E-state index in [9.17, 15) is 9.59 Å². The largest absolute Gasteiger partial charge is 0.352 e. The fourth-order valence-electron chi connectivity index (χ4n) is 2.13. The third kappa shape index (κ3) is 6.44. The number of anilines is 1. The van der Waals surface area contributed by atoms with Crippen molar-refractivity contribution >= 4 is 40.9 Å². The van der Waals surface area contributed by atoms with E-state index in [4.69, 9.17) is 11.6 Å². The Labute approximate surface area is 157 Å². The number of halogens is 1. The maximum atomic E-state index is 12.2. The minimum atomic E-state index is -0.173. The summed E-state index contributed by atoms with van der Waals surface area (Å²) in [7, 11) is 0. The second-order valence-electron chi connectivity index (χ2n) is 5.40. The number of para-hydroxylation sites is 1. The van der Waals surface area contributed by atoms with Crippen molar-refractivity contribution in [2.24, 2.45) is 0 Å². The maximum Gasteiger partial charge on any atom is 0.253 e. The summed E-state index contributed by atoms with van der Waals surface area (Å²) in [6.07, 6.45) is 1.22. The van der Waals surface area contributed by atoms with Gasteiger partial charge in [-0.25, -0.2) is 0 Å². The number of carbonyl (C=O) groups excluding carboxylic acids is 2. The molecule has 2 aromatic carbocycles. The molecule has 0 atom stereocenters. The molecular weight excluding hydrogens is 356 g/mol. The zero-order valence-corrected chi connectivity index (χ0v) is 15.6. The zero-order chi connectivity index (χ0) is 18.1. The van der Waals surface area contributed by atoms with Gasteiger partial charge in [-0.3, -0.25) is 9.59 Å². The van der Waals surface area contributed by atoms with E-state index >= 15 is 0 Å². The average Bonchev–Trinajstić information content (AvgIpc) is 2.62. The predicted molar refractivity (Wildman–Crippen MR) is 104 cm³/mol. The molecule has 0 saturated carbocycles. The first kappa shape index (κ1) is 19.3. The topological polar surface area (TPSA) is 58.2 Å². The number of amides is 2. The van der Waals surface area contributed by atoms with E-state index in [1.54, 1.807) is 36.0 Å². The highest BCUT2D eigenvalue weighted by Crippen LogP contribution is 2.21. The molecule has 0 unspecified atom stereocenters. The Morgan fingerprint density at radius 1 is 1.08 bits per heavy atom. The molecule has 0 aliphatic carbocycles. The molecule has 6 heteroatoms. The molecule has 2 rings (SSSR count). The Balaban J connectivity index is 1.87. The molecule has 0 radical (unpaired) electrons. The van der Waals surface area contributed by atoms with E-state index in [1.165, 1.54) is 0 Å². The molecule has 25 heavy (non-hydrogen) atoms. The average molecular weight is 377 g/mol. The van der Waals surface area contributed by atoms with Gasteiger partial charge in [-0.2, -0.15) is 0 Å². The van der Waals surface area contributed by atoms with Crippen LogP contribution in [0.1, 0.15) is 30.1 Å². The number of thioether (sulfide) groups is 1. The van der Waals surface area contributed by atoms with Gasteiger partial charge in [0.2, 0.25) is 5.91 Å². The van der Waals surface area contributed by atoms with Crippen molar-refractivity contribution in [3.63, 3.8) is 0 Å². The minimum Gasteiger partial charge on any atom is -0.352 e. The number of rotatable bonds is 8. The number of nitrogens with one attached hydrogen (secondary N) is 2. The van der Waals surface area contributed by atoms with Crippen LogP contribution < -0.4 is 10.6 Å². The van der Waals surface area contributed by atoms with Crippen molar-refractivity contribution in [3.8, 4) is 0 Å². The molecule has 4 nitrogen and oxygen atoms in total. The van der Waals surface area contributed by atoms with Crippen LogP contribution in [-0.2, 0) is 4.79 Å². The van der Waals surface area contributed by atoms with Crippen LogP contribution in [0, 0.1) is 0 Å². The lowest BCUT2D eigenvalue weighted by Gasteiger charge is -2.11. The number of hydrogen-bond acceptors (Lipinski definition) is 3. The first-order chi connectivity index (χ1) is 12.1. The third-order valence-electron chi connectivity index (χ3n) is 3.39. The summed E-state index contributed by atoms with van der Waals surface area (Å²) >= 11 is 7.44. The SMILES string of the molecule is CCCNC(=O)c1ccccc1NC(=O)CCSc1ccc(Cl)cc1. The molecule has 132 valence electrons. The molecule has 0 aliphatic rings. The van der Waals surface area contributed by atoms with E-state index in [0.717, 1.165) is 11.3 Å². The fourth-order valence-corrected chi connectivity index (χ4v) is 3.11. The summed E-state index contributed by atoms with van der Waals surface area (Å²) in [5.41, 5.74) is 1.02. The van der Waals surface area contributed by atoms with E-state index in [2.05, 4.69) is 10.6 Å². The third-order valence-corrected chi connectivity index (χ3v) is 4.66. The molecule has 2 N–H and O–H groups in total. The van der Waals surface area contributed by atoms with Crippen LogP contribution in [0.3, 0.4) is 0 Å². The quantitative estimate of drug-likeness (QED) is 0.662. The Hall–Kier alpha value is -1.98. The summed E-state index contributed by atoms with van der Waals surface area (Å²) in [6.45, 7) is 2.60. The molecule has 0 fully saturated rings. The second kappa shape index (κ2) is 10.1. The number of benzene rings is 2. The summed E-state index contributed by atoms with van der Waals surface area (Å²) in [6, 6.07) is 14.6. The fraction of sp³-hybridized carbons (Fsp3) is 0.263. The molecule has 0 aliphatic heterocycles. The van der Waals surface area contributed by atoms with Crippen LogP contribution in [0.5, 0.6) is 0 Å². The van der Waals surface area contributed by atoms with E-state index in [0.29, 0.717) is 35.0 Å². The lowest BCUT2D eigenvalue weighted by atomic mass is 10.1. The van der Waals surface area contributed by atoms with Crippen LogP contribution in [0.2, 0.25) is 5.02 Å². The molecule has 0 saturated heterocycles. The van der Waals surface area contributed by atoms with Crippen LogP contribution in [0.4, 0.5) is 5.69 Å². The normalized spacial score (nSPS) is 10.3. The predicted octanol–water partition coefficient (Wildman–Crippen LogP) is 4.60. The standard InChI is InChI=1S/C19H21ClN2O2S/c1-2-12-21-19(24)16-5-3-4-6-17(16)22-18(23)11-13-25-15-9-7-14(20)8-10-15/h3-10H,2,11-13H2,1H3,(H,21,24)(H,22,23). The van der Waals surface area contributed by atoms with Gasteiger partial charge in [0.25, 0.3) is 5.91 Å². The van der Waals surface area contributed by atoms with Crippen molar-refractivity contribution in [1.29, 1.82) is 0 Å². The van der Waals surface area contributed by atoms with E-state index in [1.807, 2.05) is 31.2 Å². The monoisotopic (exact) mass is 376 g/mol. The highest BCUT2D eigenvalue weighted by atomic mass is 35.5. The number of carbonyl (C=O) groups is 2. The molecular formula is C19H21ClN2O2S. The maximum absolute atomic E-state index is 12.2.